The van der Waals surface area contributed by atoms with Crippen molar-refractivity contribution in [2.45, 2.75) is 212 Å². The van der Waals surface area contributed by atoms with Crippen molar-refractivity contribution in [2.24, 2.45) is 0 Å². The van der Waals surface area contributed by atoms with Gasteiger partial charge in [-0.2, -0.15) is 0 Å². The fraction of sp³-hybridized carbons (Fsp3) is 0.700. The maximum Gasteiger partial charge on any atom is 0.328 e. The summed E-state index contributed by atoms with van der Waals surface area (Å²) in [5.74, 6) is 0. The van der Waals surface area contributed by atoms with Crippen molar-refractivity contribution in [3.63, 3.8) is 0 Å². The molecule has 5 rings (SSSR count). The van der Waals surface area contributed by atoms with Gasteiger partial charge in [0.2, 0.25) is 6.29 Å². The number of aromatic nitrogens is 3. The number of hydrogen-bond donors (Lipinski definition) is 0. The van der Waals surface area contributed by atoms with Crippen LogP contribution in [0.25, 0.3) is 0 Å². The number of benzene rings is 2. The molecule has 2 aromatic carbocycles. The average Bonchev–Trinajstić information content (AvgIpc) is 3.23. The van der Waals surface area contributed by atoms with Crippen LogP contribution in [0.3, 0.4) is 0 Å². The van der Waals surface area contributed by atoms with Gasteiger partial charge in [-0.15, -0.1) is 15.0 Å². The van der Waals surface area contributed by atoms with Crippen LogP contribution in [-0.4, -0.2) is 148 Å². The molecule has 16 nitrogen and oxygen atoms in total. The van der Waals surface area contributed by atoms with Gasteiger partial charge in [-0.25, -0.2) is 0 Å². The van der Waals surface area contributed by atoms with Crippen molar-refractivity contribution in [3.8, 4) is 18.0 Å². The molecule has 2 aliphatic heterocycles. The van der Waals surface area contributed by atoms with Crippen LogP contribution in [0.1, 0.15) is 11.1 Å². The highest BCUT2D eigenvalue weighted by Crippen LogP contribution is 2.39. The Labute approximate surface area is 445 Å². The van der Waals surface area contributed by atoms with E-state index in [1.807, 2.05) is 60.7 Å². The first-order chi connectivity index (χ1) is 33.5. The van der Waals surface area contributed by atoms with E-state index in [2.05, 4.69) is 152 Å². The first-order valence-corrected chi connectivity index (χ1v) is 49.7. The Balaban J connectivity index is 1.66. The molecular formula is C50H91N3O13Si7. The second kappa shape index (κ2) is 25.2. The highest BCUT2D eigenvalue weighted by molar-refractivity contribution is 6.72. The number of hydrogen-bond acceptors (Lipinski definition) is 16. The zero-order valence-corrected chi connectivity index (χ0v) is 55.0. The van der Waals surface area contributed by atoms with Gasteiger partial charge in [0.05, 0.1) is 13.2 Å². The predicted molar refractivity (Wildman–Crippen MR) is 304 cm³/mol. The Kier molecular flexibility index (Phi) is 21.3. The Morgan fingerprint density at radius 3 is 1.10 bits per heavy atom. The molecule has 1 aromatic heterocycles. The molecule has 0 unspecified atom stereocenters. The Hall–Kier alpha value is -2.03. The Morgan fingerprint density at radius 1 is 0.370 bits per heavy atom. The summed E-state index contributed by atoms with van der Waals surface area (Å²) in [6.07, 6.45) is -7.56. The molecule has 3 aromatic rings. The van der Waals surface area contributed by atoms with Gasteiger partial charge in [-0.05, 0) is 149 Å². The third-order valence-electron chi connectivity index (χ3n) is 10.5. The van der Waals surface area contributed by atoms with Crippen LogP contribution in [0.5, 0.6) is 18.0 Å². The summed E-state index contributed by atoms with van der Waals surface area (Å²) in [4.78, 5) is 13.9. The van der Waals surface area contributed by atoms with Crippen molar-refractivity contribution in [1.82, 2.24) is 15.0 Å². The molecular weight excluding hydrogens is 1050 g/mol. The van der Waals surface area contributed by atoms with Gasteiger partial charge in [0.1, 0.15) is 62.0 Å². The summed E-state index contributed by atoms with van der Waals surface area (Å²) in [6.45, 7) is 46.4. The third kappa shape index (κ3) is 22.1. The fourth-order valence-electron chi connectivity index (χ4n) is 7.97. The predicted octanol–water partition coefficient (Wildman–Crippen LogP) is 11.0. The van der Waals surface area contributed by atoms with Gasteiger partial charge in [-0.3, -0.25) is 0 Å². The molecule has 0 saturated carbocycles. The topological polar surface area (TPSA) is 159 Å². The normalized spacial score (nSPS) is 25.9. The molecule has 0 radical (unpaired) electrons. The Bertz CT molecular complexity index is 2080. The highest BCUT2D eigenvalue weighted by Gasteiger charge is 2.57. The summed E-state index contributed by atoms with van der Waals surface area (Å²) in [7, 11) is -16.0. The molecule has 0 spiro atoms. The molecule has 10 atom stereocenters. The van der Waals surface area contributed by atoms with E-state index >= 15 is 0 Å². The molecule has 23 heteroatoms. The van der Waals surface area contributed by atoms with E-state index in [0.29, 0.717) is 6.61 Å². The van der Waals surface area contributed by atoms with Crippen LogP contribution >= 0.6 is 0 Å². The summed E-state index contributed by atoms with van der Waals surface area (Å²) in [6, 6.07) is 19.6. The summed E-state index contributed by atoms with van der Waals surface area (Å²) in [5.41, 5.74) is 1.87. The molecule has 73 heavy (non-hydrogen) atoms. The highest BCUT2D eigenvalue weighted by atomic mass is 28.4. The van der Waals surface area contributed by atoms with Gasteiger partial charge in [0, 0.05) is 0 Å². The molecule has 2 aliphatic rings. The molecule has 0 amide bonds. The number of nitrogens with zero attached hydrogens (tertiary/aromatic N) is 3. The average molecular weight is 1140 g/mol. The molecule has 2 saturated heterocycles. The summed E-state index contributed by atoms with van der Waals surface area (Å²) in [5, 5.41) is 0. The fourth-order valence-corrected chi connectivity index (χ4v) is 14.7. The SMILES string of the molecule is C[Si](C)(C)OC[C@H]1O[C@@H](O[C@H]2[C@H](O[Si](C)(C)C)[C@@H](O[Si](C)(C)C)[C@H](Oc3nc(OCc4ccccc4)nc(OCc4ccccc4)n3)O[C@@H]2CO[Si](C)(C)C)[C@H](O[Si](C)(C)C)[C@@H](O[Si](C)(C)C)[C@H]1O[Si](C)(C)C. The summed E-state index contributed by atoms with van der Waals surface area (Å²) < 4.78 is 90.8. The minimum Gasteiger partial charge on any atom is -0.458 e. The molecule has 0 bridgehead atoms. The van der Waals surface area contributed by atoms with E-state index < -0.39 is 120 Å². The minimum atomic E-state index is -2.45. The number of ether oxygens (including phenoxy) is 6. The first-order valence-electron chi connectivity index (χ1n) is 25.9. The van der Waals surface area contributed by atoms with Crippen LogP contribution in [0.2, 0.25) is 137 Å². The Morgan fingerprint density at radius 2 is 0.699 bits per heavy atom. The van der Waals surface area contributed by atoms with Gasteiger partial charge in [0.15, 0.2) is 64.5 Å². The van der Waals surface area contributed by atoms with Crippen LogP contribution in [0, 0.1) is 0 Å². The van der Waals surface area contributed by atoms with Crippen molar-refractivity contribution in [1.29, 1.82) is 0 Å². The zero-order valence-electron chi connectivity index (χ0n) is 48.0. The zero-order chi connectivity index (χ0) is 54.4. The molecule has 3 heterocycles. The number of rotatable bonds is 26. The maximum atomic E-state index is 7.57. The molecule has 0 N–H and O–H groups in total. The lowest BCUT2D eigenvalue weighted by Gasteiger charge is -2.53. The second-order valence-electron chi connectivity index (χ2n) is 25.9. The van der Waals surface area contributed by atoms with Gasteiger partial charge < -0.3 is 59.4 Å². The maximum absolute atomic E-state index is 7.57. The lowest BCUT2D eigenvalue weighted by molar-refractivity contribution is -0.344. The van der Waals surface area contributed by atoms with Crippen LogP contribution < -0.4 is 14.2 Å². The van der Waals surface area contributed by atoms with Gasteiger partial charge in [-0.1, -0.05) is 60.7 Å². The van der Waals surface area contributed by atoms with E-state index in [0.717, 1.165) is 11.1 Å². The van der Waals surface area contributed by atoms with E-state index in [-0.39, 0.29) is 37.9 Å². The van der Waals surface area contributed by atoms with Crippen LogP contribution in [-0.2, 0) is 58.4 Å². The summed E-state index contributed by atoms with van der Waals surface area (Å²) >= 11 is 0. The van der Waals surface area contributed by atoms with Gasteiger partial charge >= 0.3 is 18.0 Å². The monoisotopic (exact) mass is 1140 g/mol. The largest absolute Gasteiger partial charge is 0.458 e. The van der Waals surface area contributed by atoms with Gasteiger partial charge in [0.25, 0.3) is 0 Å². The lowest BCUT2D eigenvalue weighted by Crippen LogP contribution is -2.70. The smallest absolute Gasteiger partial charge is 0.328 e. The van der Waals surface area contributed by atoms with E-state index in [1.165, 1.54) is 0 Å². The lowest BCUT2D eigenvalue weighted by atomic mass is 9.97. The molecule has 0 aliphatic carbocycles. The van der Waals surface area contributed by atoms with Crippen molar-refractivity contribution in [2.75, 3.05) is 13.2 Å². The van der Waals surface area contributed by atoms with Crippen molar-refractivity contribution >= 4 is 58.2 Å². The minimum absolute atomic E-state index is 0.0205. The quantitative estimate of drug-likeness (QED) is 0.0698. The van der Waals surface area contributed by atoms with Crippen molar-refractivity contribution in [3.05, 3.63) is 71.8 Å². The van der Waals surface area contributed by atoms with Crippen LogP contribution in [0.15, 0.2) is 60.7 Å². The van der Waals surface area contributed by atoms with E-state index in [9.17, 15) is 0 Å². The van der Waals surface area contributed by atoms with E-state index in [4.69, 9.17) is 59.4 Å². The van der Waals surface area contributed by atoms with Crippen molar-refractivity contribution < 1.29 is 59.4 Å². The van der Waals surface area contributed by atoms with E-state index in [1.54, 1.807) is 0 Å². The van der Waals surface area contributed by atoms with Crippen LogP contribution in [0.4, 0.5) is 0 Å². The first kappa shape index (κ1) is 61.8. The standard InChI is InChI=1S/C50H91N3O13Si7/c1-67(2,3)56-34-38-40(60-46-45(66-73(19,20)21)43(64-71(13,14)15)41(62-69(7,8)9)39(59-46)35-57-68(4,5)6)42(63-70(10,11)12)44(65-72(16,17)18)47(58-38)61-50-52-48(54-32-36-28-24-22-25-29-36)51-49(53-50)55-33-37-30-26-23-27-31-37/h22-31,38-47H,32-35H2,1-21H3/t38-,39-,40-,41+,42+,43+,44-,45-,46+,47+/m1/s1. The molecule has 412 valence electrons. The molecule has 2 fully saturated rings. The second-order valence-corrected chi connectivity index (χ2v) is 57.2. The third-order valence-corrected chi connectivity index (χ3v) is 17.5.